The van der Waals surface area contributed by atoms with E-state index in [0.717, 1.165) is 36.8 Å². The molecule has 4 aliphatic heterocycles. The molecule has 2 N–H and O–H groups in total. The van der Waals surface area contributed by atoms with Gasteiger partial charge in [0.05, 0.1) is 39.6 Å². The summed E-state index contributed by atoms with van der Waals surface area (Å²) in [5.74, 6) is -1.07. The highest BCUT2D eigenvalue weighted by Crippen LogP contribution is 2.42. The second-order valence-corrected chi connectivity index (χ2v) is 16.8. The van der Waals surface area contributed by atoms with Crippen molar-refractivity contribution in [1.82, 2.24) is 10.6 Å². The molecule has 0 saturated carbocycles. The predicted octanol–water partition coefficient (Wildman–Crippen LogP) is 6.49. The van der Waals surface area contributed by atoms with E-state index >= 15 is 0 Å². The molecule has 8 heteroatoms. The molecular weight excluding hydrogens is 580 g/mol. The van der Waals surface area contributed by atoms with E-state index < -0.39 is 11.6 Å². The largest absolute Gasteiger partial charge is 0.369 e. The number of piperidine rings is 2. The van der Waals surface area contributed by atoms with Gasteiger partial charge in [0.25, 0.3) is 0 Å². The zero-order valence-electron chi connectivity index (χ0n) is 29.3. The summed E-state index contributed by atoms with van der Waals surface area (Å²) in [5.41, 5.74) is 4.43. The van der Waals surface area contributed by atoms with Crippen molar-refractivity contribution in [2.24, 2.45) is 0 Å². The van der Waals surface area contributed by atoms with E-state index in [-0.39, 0.29) is 34.4 Å². The molecule has 0 atom stereocenters. The van der Waals surface area contributed by atoms with Crippen LogP contribution in [0, 0.1) is 0 Å². The van der Waals surface area contributed by atoms with Crippen molar-refractivity contribution in [3.8, 4) is 11.1 Å². The van der Waals surface area contributed by atoms with Crippen molar-refractivity contribution >= 4 is 0 Å². The van der Waals surface area contributed by atoms with Crippen LogP contribution in [0.25, 0.3) is 11.1 Å². The summed E-state index contributed by atoms with van der Waals surface area (Å²) in [4.78, 5) is 0. The van der Waals surface area contributed by atoms with Crippen molar-refractivity contribution in [2.45, 2.75) is 140 Å². The number of benzene rings is 2. The van der Waals surface area contributed by atoms with Gasteiger partial charge in [-0.15, -0.1) is 0 Å². The van der Waals surface area contributed by atoms with Gasteiger partial charge in [0.15, 0.2) is 11.6 Å². The second-order valence-electron chi connectivity index (χ2n) is 16.8. The lowest BCUT2D eigenvalue weighted by Crippen LogP contribution is -2.66. The minimum atomic E-state index is -0.536. The molecule has 0 unspecified atom stereocenters. The number of ether oxygens (including phenoxy) is 6. The Kier molecular flexibility index (Phi) is 9.27. The summed E-state index contributed by atoms with van der Waals surface area (Å²) in [6.45, 7) is 21.0. The Labute approximate surface area is 276 Å². The third-order valence-electron chi connectivity index (χ3n) is 9.54. The molecule has 0 aliphatic carbocycles. The van der Waals surface area contributed by atoms with Crippen LogP contribution in [0.15, 0.2) is 48.5 Å². The SMILES string of the molecule is CC1(C)CC2(CC(C)(C)N1)OCC(OCc1ccc(-c3ccc(COC4COC5(CC(C)(C)NC(C)(C)C5)OC4)cc3)cc1)CO2. The average molecular weight is 637 g/mol. The van der Waals surface area contributed by atoms with Crippen LogP contribution in [0.5, 0.6) is 0 Å². The fourth-order valence-electron chi connectivity index (χ4n) is 8.60. The maximum atomic E-state index is 6.34. The zero-order chi connectivity index (χ0) is 32.8. The molecular formula is C38H56N2O6. The summed E-state index contributed by atoms with van der Waals surface area (Å²) >= 11 is 0. The van der Waals surface area contributed by atoms with E-state index in [1.54, 1.807) is 0 Å². The maximum Gasteiger partial charge on any atom is 0.172 e. The van der Waals surface area contributed by atoms with Crippen LogP contribution in [0.3, 0.4) is 0 Å². The molecule has 6 rings (SSSR count). The summed E-state index contributed by atoms with van der Waals surface area (Å²) in [6, 6.07) is 17.2. The fourth-order valence-corrected chi connectivity index (χ4v) is 8.60. The Bertz CT molecular complexity index is 1180. The maximum absolute atomic E-state index is 6.34. The summed E-state index contributed by atoms with van der Waals surface area (Å²) < 4.78 is 37.8. The molecule has 0 radical (unpaired) electrons. The Morgan fingerprint density at radius 1 is 0.500 bits per heavy atom. The normalized spacial score (nSPS) is 26.7. The number of hydrogen-bond donors (Lipinski definition) is 2. The molecule has 4 aliphatic rings. The highest BCUT2D eigenvalue weighted by atomic mass is 16.7. The third-order valence-corrected chi connectivity index (χ3v) is 9.54. The van der Waals surface area contributed by atoms with Crippen LogP contribution in [0.1, 0.15) is 92.2 Å². The van der Waals surface area contributed by atoms with Crippen LogP contribution in [-0.2, 0) is 41.6 Å². The van der Waals surface area contributed by atoms with E-state index in [2.05, 4.69) is 115 Å². The molecule has 8 nitrogen and oxygen atoms in total. The van der Waals surface area contributed by atoms with Crippen LogP contribution >= 0.6 is 0 Å². The monoisotopic (exact) mass is 636 g/mol. The van der Waals surface area contributed by atoms with Gasteiger partial charge in [-0.1, -0.05) is 48.5 Å². The fraction of sp³-hybridized carbons (Fsp3) is 0.684. The molecule has 0 aromatic heterocycles. The molecule has 2 aromatic carbocycles. The molecule has 254 valence electrons. The Balaban J connectivity index is 0.936. The van der Waals surface area contributed by atoms with Crippen molar-refractivity contribution in [3.05, 3.63) is 59.7 Å². The van der Waals surface area contributed by atoms with Gasteiger partial charge < -0.3 is 39.1 Å². The first kappa shape index (κ1) is 34.0. The first-order chi connectivity index (χ1) is 21.5. The molecule has 2 spiro atoms. The molecule has 4 saturated heterocycles. The van der Waals surface area contributed by atoms with Gasteiger partial charge in [0.1, 0.15) is 12.2 Å². The average Bonchev–Trinajstić information content (AvgIpc) is 2.94. The molecule has 0 amide bonds. The molecule has 0 bridgehead atoms. The molecule has 2 aromatic rings. The predicted molar refractivity (Wildman–Crippen MR) is 179 cm³/mol. The lowest BCUT2D eigenvalue weighted by atomic mass is 9.78. The van der Waals surface area contributed by atoms with Crippen molar-refractivity contribution < 1.29 is 28.4 Å². The van der Waals surface area contributed by atoms with Gasteiger partial charge in [0.2, 0.25) is 0 Å². The summed E-state index contributed by atoms with van der Waals surface area (Å²) in [6.07, 6.45) is 3.16. The van der Waals surface area contributed by atoms with Gasteiger partial charge >= 0.3 is 0 Å². The highest BCUT2D eigenvalue weighted by Gasteiger charge is 2.52. The Hall–Kier alpha value is -1.88. The lowest BCUT2D eigenvalue weighted by molar-refractivity contribution is -0.323. The van der Waals surface area contributed by atoms with Gasteiger partial charge in [-0.25, -0.2) is 0 Å². The standard InChI is InChI=1S/C38H56N2O6/c1-33(2)23-37(24-34(3,4)39-33)43-19-31(20-44-37)41-17-27-9-13-29(14-10-27)30-15-11-28(12-16-30)18-42-32-21-45-38(46-22-32)25-35(5,6)40-36(7,8)26-38/h9-16,31-32,39-40H,17-26H2,1-8H3. The van der Waals surface area contributed by atoms with E-state index in [0.29, 0.717) is 39.6 Å². The Morgan fingerprint density at radius 2 is 0.783 bits per heavy atom. The quantitative estimate of drug-likeness (QED) is 0.357. The van der Waals surface area contributed by atoms with Gasteiger partial charge in [-0.2, -0.15) is 0 Å². The van der Waals surface area contributed by atoms with Gasteiger partial charge in [0, 0.05) is 47.8 Å². The van der Waals surface area contributed by atoms with Gasteiger partial charge in [-0.3, -0.25) is 0 Å². The Morgan fingerprint density at radius 3 is 1.07 bits per heavy atom. The minimum Gasteiger partial charge on any atom is -0.369 e. The van der Waals surface area contributed by atoms with E-state index in [1.807, 2.05) is 0 Å². The first-order valence-electron chi connectivity index (χ1n) is 17.1. The summed E-state index contributed by atoms with van der Waals surface area (Å²) in [7, 11) is 0. The summed E-state index contributed by atoms with van der Waals surface area (Å²) in [5, 5.41) is 7.41. The number of hydrogen-bond acceptors (Lipinski definition) is 8. The van der Waals surface area contributed by atoms with Crippen molar-refractivity contribution in [1.29, 1.82) is 0 Å². The molecule has 4 fully saturated rings. The van der Waals surface area contributed by atoms with Gasteiger partial charge in [-0.05, 0) is 77.6 Å². The molecule has 46 heavy (non-hydrogen) atoms. The van der Waals surface area contributed by atoms with Crippen molar-refractivity contribution in [2.75, 3.05) is 26.4 Å². The third kappa shape index (κ3) is 8.39. The minimum absolute atomic E-state index is 0.0439. The van der Waals surface area contributed by atoms with E-state index in [9.17, 15) is 0 Å². The lowest BCUT2D eigenvalue weighted by Gasteiger charge is -2.54. The second kappa shape index (κ2) is 12.5. The van der Waals surface area contributed by atoms with Crippen molar-refractivity contribution in [3.63, 3.8) is 0 Å². The topological polar surface area (TPSA) is 79.4 Å². The number of rotatable bonds is 7. The zero-order valence-corrected chi connectivity index (χ0v) is 29.3. The van der Waals surface area contributed by atoms with Crippen LogP contribution < -0.4 is 10.6 Å². The first-order valence-corrected chi connectivity index (χ1v) is 17.1. The van der Waals surface area contributed by atoms with E-state index in [1.165, 1.54) is 11.1 Å². The van der Waals surface area contributed by atoms with E-state index in [4.69, 9.17) is 28.4 Å². The number of nitrogens with one attached hydrogen (secondary N) is 2. The molecule has 4 heterocycles. The highest BCUT2D eigenvalue weighted by molar-refractivity contribution is 5.63. The smallest absolute Gasteiger partial charge is 0.172 e. The van der Waals surface area contributed by atoms with Crippen LogP contribution in [0.2, 0.25) is 0 Å². The van der Waals surface area contributed by atoms with Crippen LogP contribution in [0.4, 0.5) is 0 Å². The van der Waals surface area contributed by atoms with Crippen LogP contribution in [-0.4, -0.2) is 72.4 Å².